The van der Waals surface area contributed by atoms with Crippen molar-refractivity contribution in [3.63, 3.8) is 0 Å². The van der Waals surface area contributed by atoms with Gasteiger partial charge < -0.3 is 10.1 Å². The summed E-state index contributed by atoms with van der Waals surface area (Å²) in [5.41, 5.74) is 3.08. The van der Waals surface area contributed by atoms with Gasteiger partial charge in [0.25, 0.3) is 5.91 Å². The largest absolute Gasteiger partial charge is 0.482 e. The zero-order valence-electron chi connectivity index (χ0n) is 18.5. The lowest BCUT2D eigenvalue weighted by molar-refractivity contribution is -0.118. The van der Waals surface area contributed by atoms with Gasteiger partial charge in [-0.2, -0.15) is 0 Å². The van der Waals surface area contributed by atoms with Gasteiger partial charge in [0.15, 0.2) is 17.5 Å². The van der Waals surface area contributed by atoms with E-state index in [1.54, 1.807) is 18.2 Å². The van der Waals surface area contributed by atoms with Crippen LogP contribution in [0.2, 0.25) is 0 Å². The molecule has 4 aromatic rings. The van der Waals surface area contributed by atoms with Gasteiger partial charge in [-0.15, -0.1) is 10.2 Å². The van der Waals surface area contributed by atoms with Gasteiger partial charge in [-0.3, -0.25) is 14.2 Å². The molecule has 0 radical (unpaired) electrons. The normalized spacial score (nSPS) is 13.5. The first-order valence-electron chi connectivity index (χ1n) is 10.9. The van der Waals surface area contributed by atoms with Crippen LogP contribution in [0.3, 0.4) is 0 Å². The lowest BCUT2D eigenvalue weighted by atomic mass is 10.1. The minimum atomic E-state index is -0.422. The fourth-order valence-electron chi connectivity index (χ4n) is 3.79. The van der Waals surface area contributed by atoms with E-state index >= 15 is 0 Å². The van der Waals surface area contributed by atoms with Crippen molar-refractivity contribution < 1.29 is 14.3 Å². The summed E-state index contributed by atoms with van der Waals surface area (Å²) in [7, 11) is 0. The molecule has 1 atom stereocenters. The van der Waals surface area contributed by atoms with Crippen LogP contribution in [0, 0.1) is 0 Å². The monoisotopic (exact) mass is 470 g/mol. The van der Waals surface area contributed by atoms with Crippen molar-refractivity contribution in [3.05, 3.63) is 95.8 Å². The molecule has 5 rings (SSSR count). The van der Waals surface area contributed by atoms with Crippen LogP contribution >= 0.6 is 11.8 Å². The first-order chi connectivity index (χ1) is 16.6. The van der Waals surface area contributed by atoms with E-state index in [-0.39, 0.29) is 18.3 Å². The molecule has 1 amide bonds. The number of amides is 1. The van der Waals surface area contributed by atoms with E-state index < -0.39 is 5.25 Å². The Kier molecular flexibility index (Phi) is 6.14. The number of ketones is 1. The first kappa shape index (κ1) is 21.9. The summed E-state index contributed by atoms with van der Waals surface area (Å²) in [4.78, 5) is 24.9. The molecule has 1 aromatic heterocycles. The topological polar surface area (TPSA) is 86.1 Å². The number of anilines is 1. The molecule has 170 valence electrons. The lowest BCUT2D eigenvalue weighted by Gasteiger charge is -2.19. The standard InChI is InChI=1S/C26H22N4O3S/c1-17(25(32)19-12-13-22-21(15-19)27-24(31)16-33-22)34-26-29-28-23(14-18-8-4-2-5-9-18)30(26)20-10-6-3-7-11-20/h2-13,15,17H,14,16H2,1H3,(H,27,31). The number of nitrogens with zero attached hydrogens (tertiary/aromatic N) is 3. The van der Waals surface area contributed by atoms with E-state index in [1.807, 2.05) is 60.0 Å². The van der Waals surface area contributed by atoms with E-state index in [0.29, 0.717) is 28.6 Å². The van der Waals surface area contributed by atoms with Crippen LogP contribution in [0.1, 0.15) is 28.7 Å². The van der Waals surface area contributed by atoms with Gasteiger partial charge in [0.2, 0.25) is 0 Å². The SMILES string of the molecule is CC(Sc1nnc(Cc2ccccc2)n1-c1ccccc1)C(=O)c1ccc2c(c1)NC(=O)CO2. The Balaban J connectivity index is 1.42. The minimum Gasteiger partial charge on any atom is -0.482 e. The third-order valence-corrected chi connectivity index (χ3v) is 6.51. The number of rotatable bonds is 7. The van der Waals surface area contributed by atoms with Gasteiger partial charge in [-0.25, -0.2) is 0 Å². The van der Waals surface area contributed by atoms with Gasteiger partial charge in [-0.05, 0) is 42.8 Å². The molecule has 0 fully saturated rings. The molecule has 0 saturated heterocycles. The third-order valence-electron chi connectivity index (χ3n) is 5.47. The Bertz CT molecular complexity index is 1340. The average Bonchev–Trinajstić information content (AvgIpc) is 3.25. The number of fused-ring (bicyclic) bond motifs is 1. The van der Waals surface area contributed by atoms with Crippen molar-refractivity contribution in [2.24, 2.45) is 0 Å². The van der Waals surface area contributed by atoms with Crippen molar-refractivity contribution in [3.8, 4) is 11.4 Å². The second-order valence-electron chi connectivity index (χ2n) is 7.90. The van der Waals surface area contributed by atoms with Crippen LogP contribution < -0.4 is 10.1 Å². The molecule has 0 spiro atoms. The Hall–Kier alpha value is -3.91. The van der Waals surface area contributed by atoms with E-state index in [0.717, 1.165) is 17.1 Å². The predicted octanol–water partition coefficient (Wildman–Crippen LogP) is 4.55. The van der Waals surface area contributed by atoms with E-state index in [2.05, 4.69) is 27.6 Å². The number of ether oxygens (including phenoxy) is 1. The predicted molar refractivity (Wildman–Crippen MR) is 131 cm³/mol. The van der Waals surface area contributed by atoms with Crippen LogP contribution in [-0.4, -0.2) is 38.3 Å². The van der Waals surface area contributed by atoms with Crippen LogP contribution in [0.15, 0.2) is 84.0 Å². The second kappa shape index (κ2) is 9.52. The second-order valence-corrected chi connectivity index (χ2v) is 9.21. The number of nitrogens with one attached hydrogen (secondary N) is 1. The van der Waals surface area contributed by atoms with Gasteiger partial charge in [-0.1, -0.05) is 60.3 Å². The summed E-state index contributed by atoms with van der Waals surface area (Å²) in [5, 5.41) is 11.9. The molecule has 0 saturated carbocycles. The number of hydrogen-bond donors (Lipinski definition) is 1. The molecule has 7 nitrogen and oxygen atoms in total. The quantitative estimate of drug-likeness (QED) is 0.315. The van der Waals surface area contributed by atoms with Gasteiger partial charge >= 0.3 is 0 Å². The summed E-state index contributed by atoms with van der Waals surface area (Å²) >= 11 is 1.36. The Labute approximate surface area is 201 Å². The fraction of sp³-hybridized carbons (Fsp3) is 0.154. The zero-order valence-corrected chi connectivity index (χ0v) is 19.3. The smallest absolute Gasteiger partial charge is 0.262 e. The summed E-state index contributed by atoms with van der Waals surface area (Å²) in [6, 6.07) is 25.1. The molecule has 2 heterocycles. The maximum atomic E-state index is 13.2. The fourth-order valence-corrected chi connectivity index (χ4v) is 4.75. The maximum absolute atomic E-state index is 13.2. The Morgan fingerprint density at radius 3 is 2.56 bits per heavy atom. The lowest BCUT2D eigenvalue weighted by Crippen LogP contribution is -2.25. The van der Waals surface area contributed by atoms with E-state index in [9.17, 15) is 9.59 Å². The summed E-state index contributed by atoms with van der Waals surface area (Å²) < 4.78 is 7.40. The van der Waals surface area contributed by atoms with Gasteiger partial charge in [0.1, 0.15) is 11.6 Å². The summed E-state index contributed by atoms with van der Waals surface area (Å²) in [6.45, 7) is 1.83. The summed E-state index contributed by atoms with van der Waals surface area (Å²) in [6.07, 6.45) is 0.621. The van der Waals surface area contributed by atoms with Crippen LogP contribution in [-0.2, 0) is 11.2 Å². The highest BCUT2D eigenvalue weighted by molar-refractivity contribution is 8.00. The molecule has 1 unspecified atom stereocenters. The van der Waals surface area contributed by atoms with Crippen LogP contribution in [0.4, 0.5) is 5.69 Å². The molecular weight excluding hydrogens is 448 g/mol. The van der Waals surface area contributed by atoms with Crippen molar-refractivity contribution in [2.45, 2.75) is 23.8 Å². The van der Waals surface area contributed by atoms with Crippen molar-refractivity contribution >= 4 is 29.1 Å². The highest BCUT2D eigenvalue weighted by Gasteiger charge is 2.24. The van der Waals surface area contributed by atoms with Gasteiger partial charge in [0, 0.05) is 17.7 Å². The zero-order chi connectivity index (χ0) is 23.5. The number of para-hydroxylation sites is 1. The van der Waals surface area contributed by atoms with Crippen molar-refractivity contribution in [1.82, 2.24) is 14.8 Å². The Morgan fingerprint density at radius 1 is 1.06 bits per heavy atom. The highest BCUT2D eigenvalue weighted by Crippen LogP contribution is 2.32. The number of thioether (sulfide) groups is 1. The first-order valence-corrected chi connectivity index (χ1v) is 11.8. The average molecular weight is 471 g/mol. The van der Waals surface area contributed by atoms with Crippen LogP contribution in [0.25, 0.3) is 5.69 Å². The molecule has 0 bridgehead atoms. The van der Waals surface area contributed by atoms with E-state index in [1.165, 1.54) is 11.8 Å². The Morgan fingerprint density at radius 2 is 1.79 bits per heavy atom. The van der Waals surface area contributed by atoms with Crippen molar-refractivity contribution in [2.75, 3.05) is 11.9 Å². The number of benzene rings is 3. The highest BCUT2D eigenvalue weighted by atomic mass is 32.2. The number of Topliss-reactive ketones (excluding diaryl/α,β-unsaturated/α-hetero) is 1. The minimum absolute atomic E-state index is 0.0208. The maximum Gasteiger partial charge on any atom is 0.262 e. The number of hydrogen-bond acceptors (Lipinski definition) is 6. The molecule has 1 N–H and O–H groups in total. The summed E-state index contributed by atoms with van der Waals surface area (Å²) in [5.74, 6) is 1.06. The van der Waals surface area contributed by atoms with Crippen molar-refractivity contribution in [1.29, 1.82) is 0 Å². The molecule has 34 heavy (non-hydrogen) atoms. The molecule has 1 aliphatic rings. The van der Waals surface area contributed by atoms with Gasteiger partial charge in [0.05, 0.1) is 10.9 Å². The number of aromatic nitrogens is 3. The van der Waals surface area contributed by atoms with Crippen LogP contribution in [0.5, 0.6) is 5.75 Å². The third kappa shape index (κ3) is 4.58. The number of carbonyl (C=O) groups excluding carboxylic acids is 2. The molecule has 3 aromatic carbocycles. The molecular formula is C26H22N4O3S. The molecule has 8 heteroatoms. The van der Waals surface area contributed by atoms with E-state index in [4.69, 9.17) is 4.74 Å². The number of carbonyl (C=O) groups is 2. The molecule has 0 aliphatic carbocycles. The molecule has 1 aliphatic heterocycles.